The standard InChI is InChI=1S/C12H18O7/c1-4-6-17-11(15)12(16)19-10(5-2)18-9(14)7-8(3)13/h10H,4-7H2,1-3H3. The van der Waals surface area contributed by atoms with Crippen LogP contribution in [0.1, 0.15) is 40.0 Å². The summed E-state index contributed by atoms with van der Waals surface area (Å²) < 4.78 is 13.9. The Balaban J connectivity index is 4.24. The summed E-state index contributed by atoms with van der Waals surface area (Å²) in [6.07, 6.45) is -0.872. The summed E-state index contributed by atoms with van der Waals surface area (Å²) in [4.78, 5) is 44.3. The normalized spacial score (nSPS) is 11.3. The molecule has 0 radical (unpaired) electrons. The largest absolute Gasteiger partial charge is 0.457 e. The molecule has 108 valence electrons. The minimum Gasteiger partial charge on any atom is -0.457 e. The zero-order valence-electron chi connectivity index (χ0n) is 11.3. The Morgan fingerprint density at radius 1 is 1.00 bits per heavy atom. The molecule has 0 aliphatic carbocycles. The van der Waals surface area contributed by atoms with Crippen molar-refractivity contribution >= 4 is 23.7 Å². The van der Waals surface area contributed by atoms with Crippen LogP contribution in [-0.2, 0) is 33.4 Å². The van der Waals surface area contributed by atoms with Gasteiger partial charge in [-0.1, -0.05) is 13.8 Å². The molecule has 1 unspecified atom stereocenters. The van der Waals surface area contributed by atoms with Crippen LogP contribution in [0.2, 0.25) is 0 Å². The van der Waals surface area contributed by atoms with Crippen LogP contribution >= 0.6 is 0 Å². The summed E-state index contributed by atoms with van der Waals surface area (Å²) in [5, 5.41) is 0. The van der Waals surface area contributed by atoms with Gasteiger partial charge in [0, 0.05) is 6.42 Å². The second-order valence-electron chi connectivity index (χ2n) is 3.75. The number of hydrogen-bond donors (Lipinski definition) is 0. The summed E-state index contributed by atoms with van der Waals surface area (Å²) in [5.41, 5.74) is 0. The number of hydrogen-bond acceptors (Lipinski definition) is 7. The van der Waals surface area contributed by atoms with E-state index >= 15 is 0 Å². The van der Waals surface area contributed by atoms with Gasteiger partial charge >= 0.3 is 17.9 Å². The Bertz CT molecular complexity index is 348. The quantitative estimate of drug-likeness (QED) is 0.292. The summed E-state index contributed by atoms with van der Waals surface area (Å²) >= 11 is 0. The molecule has 0 rings (SSSR count). The molecule has 0 aromatic carbocycles. The summed E-state index contributed by atoms with van der Waals surface area (Å²) in [6, 6.07) is 0. The SMILES string of the molecule is CCCOC(=O)C(=O)OC(CC)OC(=O)CC(C)=O. The Morgan fingerprint density at radius 3 is 2.11 bits per heavy atom. The maximum Gasteiger partial charge on any atom is 0.420 e. The van der Waals surface area contributed by atoms with Gasteiger partial charge < -0.3 is 14.2 Å². The topological polar surface area (TPSA) is 96.0 Å². The summed E-state index contributed by atoms with van der Waals surface area (Å²) in [6.45, 7) is 4.71. The maximum absolute atomic E-state index is 11.3. The van der Waals surface area contributed by atoms with Crippen molar-refractivity contribution in [2.24, 2.45) is 0 Å². The van der Waals surface area contributed by atoms with Crippen molar-refractivity contribution in [3.8, 4) is 0 Å². The van der Waals surface area contributed by atoms with E-state index in [4.69, 9.17) is 4.74 Å². The third kappa shape index (κ3) is 7.91. The van der Waals surface area contributed by atoms with Crippen LogP contribution in [0.15, 0.2) is 0 Å². The average molecular weight is 274 g/mol. The van der Waals surface area contributed by atoms with E-state index in [1.54, 1.807) is 13.8 Å². The molecule has 0 bridgehead atoms. The van der Waals surface area contributed by atoms with Crippen molar-refractivity contribution in [2.75, 3.05) is 6.61 Å². The number of carbonyl (C=O) groups excluding carboxylic acids is 4. The molecule has 0 N–H and O–H groups in total. The predicted molar refractivity (Wildman–Crippen MR) is 62.8 cm³/mol. The highest BCUT2D eigenvalue weighted by Crippen LogP contribution is 2.04. The highest BCUT2D eigenvalue weighted by Gasteiger charge is 2.24. The Morgan fingerprint density at radius 2 is 1.63 bits per heavy atom. The number of ketones is 1. The molecule has 7 nitrogen and oxygen atoms in total. The molecule has 0 heterocycles. The van der Waals surface area contributed by atoms with Gasteiger partial charge in [0.15, 0.2) is 0 Å². The lowest BCUT2D eigenvalue weighted by atomic mass is 10.3. The predicted octanol–water partition coefficient (Wildman–Crippen LogP) is 0.741. The van der Waals surface area contributed by atoms with E-state index in [-0.39, 0.29) is 18.8 Å². The number of ether oxygens (including phenoxy) is 3. The number of Topliss-reactive ketones (excluding diaryl/α,β-unsaturated/α-hetero) is 1. The lowest BCUT2D eigenvalue weighted by Crippen LogP contribution is -2.29. The van der Waals surface area contributed by atoms with Crippen LogP contribution < -0.4 is 0 Å². The molecular formula is C12H18O7. The summed E-state index contributed by atoms with van der Waals surface area (Å²) in [7, 11) is 0. The van der Waals surface area contributed by atoms with Crippen LogP contribution in [0.25, 0.3) is 0 Å². The van der Waals surface area contributed by atoms with Gasteiger partial charge in [-0.25, -0.2) is 9.59 Å². The van der Waals surface area contributed by atoms with Crippen molar-refractivity contribution < 1.29 is 33.4 Å². The second-order valence-corrected chi connectivity index (χ2v) is 3.75. The minimum atomic E-state index is -1.23. The van der Waals surface area contributed by atoms with Gasteiger partial charge in [-0.3, -0.25) is 9.59 Å². The van der Waals surface area contributed by atoms with Crippen LogP contribution in [0.5, 0.6) is 0 Å². The molecule has 0 aliphatic heterocycles. The van der Waals surface area contributed by atoms with Crippen LogP contribution in [0, 0.1) is 0 Å². The lowest BCUT2D eigenvalue weighted by Gasteiger charge is -2.15. The van der Waals surface area contributed by atoms with E-state index in [9.17, 15) is 19.2 Å². The van der Waals surface area contributed by atoms with Gasteiger partial charge in [-0.15, -0.1) is 0 Å². The van der Waals surface area contributed by atoms with Crippen LogP contribution in [-0.4, -0.2) is 36.6 Å². The first-order chi connectivity index (χ1) is 8.90. The van der Waals surface area contributed by atoms with Gasteiger partial charge in [-0.05, 0) is 13.3 Å². The smallest absolute Gasteiger partial charge is 0.420 e. The number of carbonyl (C=O) groups is 4. The Kier molecular flexibility index (Phi) is 8.15. The molecular weight excluding hydrogens is 256 g/mol. The van der Waals surface area contributed by atoms with E-state index in [0.29, 0.717) is 6.42 Å². The van der Waals surface area contributed by atoms with Crippen molar-refractivity contribution in [1.82, 2.24) is 0 Å². The first-order valence-corrected chi connectivity index (χ1v) is 5.97. The molecule has 0 spiro atoms. The summed E-state index contributed by atoms with van der Waals surface area (Å²) in [5.74, 6) is -3.54. The minimum absolute atomic E-state index is 0.106. The van der Waals surface area contributed by atoms with Crippen molar-refractivity contribution in [3.63, 3.8) is 0 Å². The van der Waals surface area contributed by atoms with Crippen molar-refractivity contribution in [2.45, 2.75) is 46.3 Å². The van der Waals surface area contributed by atoms with Crippen LogP contribution in [0.3, 0.4) is 0 Å². The third-order valence-electron chi connectivity index (χ3n) is 1.83. The van der Waals surface area contributed by atoms with E-state index in [2.05, 4.69) is 9.47 Å². The highest BCUT2D eigenvalue weighted by molar-refractivity contribution is 6.29. The van der Waals surface area contributed by atoms with Gasteiger partial charge in [0.1, 0.15) is 12.2 Å². The fraction of sp³-hybridized carbons (Fsp3) is 0.667. The molecule has 0 aromatic rings. The average Bonchev–Trinajstić information content (AvgIpc) is 2.33. The molecule has 0 saturated carbocycles. The second kappa shape index (κ2) is 9.07. The monoisotopic (exact) mass is 274 g/mol. The van der Waals surface area contributed by atoms with E-state index < -0.39 is 30.6 Å². The zero-order chi connectivity index (χ0) is 14.8. The molecule has 1 atom stereocenters. The Labute approximate surface area is 111 Å². The van der Waals surface area contributed by atoms with Crippen molar-refractivity contribution in [3.05, 3.63) is 0 Å². The molecule has 7 heteroatoms. The fourth-order valence-corrected chi connectivity index (χ4v) is 1.00. The number of rotatable bonds is 7. The van der Waals surface area contributed by atoms with E-state index in [1.807, 2.05) is 0 Å². The zero-order valence-corrected chi connectivity index (χ0v) is 11.3. The molecule has 19 heavy (non-hydrogen) atoms. The molecule has 0 aliphatic rings. The molecule has 0 fully saturated rings. The van der Waals surface area contributed by atoms with E-state index in [1.165, 1.54) is 6.92 Å². The number of esters is 3. The van der Waals surface area contributed by atoms with Gasteiger partial charge in [0.05, 0.1) is 6.61 Å². The third-order valence-corrected chi connectivity index (χ3v) is 1.83. The van der Waals surface area contributed by atoms with E-state index in [0.717, 1.165) is 0 Å². The fourth-order valence-electron chi connectivity index (χ4n) is 1.00. The highest BCUT2D eigenvalue weighted by atomic mass is 16.7. The van der Waals surface area contributed by atoms with Crippen LogP contribution in [0.4, 0.5) is 0 Å². The first-order valence-electron chi connectivity index (χ1n) is 5.97. The molecule has 0 saturated heterocycles. The van der Waals surface area contributed by atoms with Gasteiger partial charge in [0.2, 0.25) is 6.29 Å². The van der Waals surface area contributed by atoms with Gasteiger partial charge in [-0.2, -0.15) is 0 Å². The maximum atomic E-state index is 11.3. The molecule has 0 amide bonds. The van der Waals surface area contributed by atoms with Gasteiger partial charge in [0.25, 0.3) is 0 Å². The lowest BCUT2D eigenvalue weighted by molar-refractivity contribution is -0.195. The Hall–Kier alpha value is -1.92. The first kappa shape index (κ1) is 17.1. The van der Waals surface area contributed by atoms with Crippen molar-refractivity contribution in [1.29, 1.82) is 0 Å². The molecule has 0 aromatic heterocycles.